The molecular formula is C15H25N3O3. The lowest BCUT2D eigenvalue weighted by Gasteiger charge is -2.21. The standard InChI is InChI=1S/C15H25N3O3/c1-6-17(7-2)12-10-13(19)18(16-11-12)9-8-14(20)21-15(3,4)5/h10-11H,6-9H2,1-5H3. The van der Waals surface area contributed by atoms with Crippen molar-refractivity contribution in [3.63, 3.8) is 0 Å². The summed E-state index contributed by atoms with van der Waals surface area (Å²) in [5, 5.41) is 4.12. The lowest BCUT2D eigenvalue weighted by Crippen LogP contribution is -2.29. The molecule has 1 aromatic heterocycles. The lowest BCUT2D eigenvalue weighted by molar-refractivity contribution is -0.155. The van der Waals surface area contributed by atoms with Crippen LogP contribution >= 0.6 is 0 Å². The Morgan fingerprint density at radius 1 is 1.33 bits per heavy atom. The topological polar surface area (TPSA) is 64.4 Å². The zero-order chi connectivity index (χ0) is 16.0. The molecule has 0 amide bonds. The van der Waals surface area contributed by atoms with Crippen molar-refractivity contribution < 1.29 is 9.53 Å². The molecule has 0 atom stereocenters. The number of ether oxygens (including phenoxy) is 1. The summed E-state index contributed by atoms with van der Waals surface area (Å²) >= 11 is 0. The molecule has 1 aromatic rings. The Morgan fingerprint density at radius 3 is 2.43 bits per heavy atom. The molecular weight excluding hydrogens is 270 g/mol. The Kier molecular flexibility index (Phi) is 5.93. The first kappa shape index (κ1) is 17.2. The normalized spacial score (nSPS) is 11.3. The van der Waals surface area contributed by atoms with E-state index in [9.17, 15) is 9.59 Å². The van der Waals surface area contributed by atoms with Gasteiger partial charge in [0.05, 0.1) is 24.8 Å². The van der Waals surface area contributed by atoms with Crippen molar-refractivity contribution in [1.29, 1.82) is 0 Å². The van der Waals surface area contributed by atoms with Crippen LogP contribution in [0.5, 0.6) is 0 Å². The van der Waals surface area contributed by atoms with Gasteiger partial charge in [0.2, 0.25) is 0 Å². The first-order valence-corrected chi connectivity index (χ1v) is 7.30. The minimum Gasteiger partial charge on any atom is -0.460 e. The van der Waals surface area contributed by atoms with E-state index in [1.807, 2.05) is 39.5 Å². The van der Waals surface area contributed by atoms with Crippen molar-refractivity contribution in [2.24, 2.45) is 0 Å². The maximum atomic E-state index is 12.0. The van der Waals surface area contributed by atoms with Gasteiger partial charge in [0.1, 0.15) is 5.60 Å². The Labute approximate surface area is 125 Å². The van der Waals surface area contributed by atoms with Crippen LogP contribution < -0.4 is 10.5 Å². The molecule has 0 fully saturated rings. The smallest absolute Gasteiger partial charge is 0.308 e. The summed E-state index contributed by atoms with van der Waals surface area (Å²) in [7, 11) is 0. The molecule has 0 saturated carbocycles. The molecule has 1 heterocycles. The van der Waals surface area contributed by atoms with E-state index in [4.69, 9.17) is 4.74 Å². The molecule has 118 valence electrons. The number of carbonyl (C=O) groups is 1. The van der Waals surface area contributed by atoms with Crippen molar-refractivity contribution in [3.8, 4) is 0 Å². The minimum atomic E-state index is -0.512. The van der Waals surface area contributed by atoms with Crippen LogP contribution in [0.3, 0.4) is 0 Å². The van der Waals surface area contributed by atoms with E-state index in [0.29, 0.717) is 0 Å². The highest BCUT2D eigenvalue weighted by Gasteiger charge is 2.16. The number of esters is 1. The highest BCUT2D eigenvalue weighted by Crippen LogP contribution is 2.10. The van der Waals surface area contributed by atoms with E-state index in [1.54, 1.807) is 12.3 Å². The largest absolute Gasteiger partial charge is 0.460 e. The number of hydrogen-bond donors (Lipinski definition) is 0. The van der Waals surface area contributed by atoms with Gasteiger partial charge in [0.15, 0.2) is 0 Å². The summed E-state index contributed by atoms with van der Waals surface area (Å²) in [6, 6.07) is 1.55. The van der Waals surface area contributed by atoms with Gasteiger partial charge in [-0.3, -0.25) is 9.59 Å². The number of hydrogen-bond acceptors (Lipinski definition) is 5. The summed E-state index contributed by atoms with van der Waals surface area (Å²) in [6.07, 6.45) is 1.79. The van der Waals surface area contributed by atoms with Gasteiger partial charge in [0.25, 0.3) is 5.56 Å². The fourth-order valence-electron chi connectivity index (χ4n) is 1.94. The number of nitrogens with zero attached hydrogens (tertiary/aromatic N) is 3. The fourth-order valence-corrected chi connectivity index (χ4v) is 1.94. The predicted octanol–water partition coefficient (Wildman–Crippen LogP) is 1.82. The SMILES string of the molecule is CCN(CC)c1cnn(CCC(=O)OC(C)(C)C)c(=O)c1. The quantitative estimate of drug-likeness (QED) is 0.749. The Morgan fingerprint density at radius 2 is 1.95 bits per heavy atom. The summed E-state index contributed by atoms with van der Waals surface area (Å²) in [5.74, 6) is -0.330. The lowest BCUT2D eigenvalue weighted by atomic mass is 10.2. The number of anilines is 1. The zero-order valence-corrected chi connectivity index (χ0v) is 13.5. The third kappa shape index (κ3) is 5.57. The molecule has 0 spiro atoms. The van der Waals surface area contributed by atoms with Crippen LogP contribution in [0, 0.1) is 0 Å². The molecule has 0 aliphatic carbocycles. The van der Waals surface area contributed by atoms with Crippen LogP contribution in [-0.4, -0.2) is 34.4 Å². The van der Waals surface area contributed by atoms with Gasteiger partial charge < -0.3 is 9.64 Å². The fraction of sp³-hybridized carbons (Fsp3) is 0.667. The molecule has 0 aliphatic rings. The van der Waals surface area contributed by atoms with E-state index in [2.05, 4.69) is 5.10 Å². The summed E-state index contributed by atoms with van der Waals surface area (Å²) in [4.78, 5) is 25.7. The molecule has 0 bridgehead atoms. The third-order valence-corrected chi connectivity index (χ3v) is 2.93. The maximum absolute atomic E-state index is 12.0. The second-order valence-corrected chi connectivity index (χ2v) is 5.78. The zero-order valence-electron chi connectivity index (χ0n) is 13.5. The van der Waals surface area contributed by atoms with Crippen molar-refractivity contribution in [2.45, 2.75) is 53.2 Å². The summed E-state index contributed by atoms with van der Waals surface area (Å²) in [5.41, 5.74) is 0.0868. The minimum absolute atomic E-state index is 0.134. The van der Waals surface area contributed by atoms with E-state index in [0.717, 1.165) is 18.8 Å². The van der Waals surface area contributed by atoms with Gasteiger partial charge in [-0.1, -0.05) is 0 Å². The second-order valence-electron chi connectivity index (χ2n) is 5.78. The van der Waals surface area contributed by atoms with E-state index in [1.165, 1.54) is 4.68 Å². The number of rotatable bonds is 6. The number of aryl methyl sites for hydroxylation is 1. The van der Waals surface area contributed by atoms with Crippen LogP contribution in [0.1, 0.15) is 41.0 Å². The van der Waals surface area contributed by atoms with Crippen molar-refractivity contribution >= 4 is 11.7 Å². The van der Waals surface area contributed by atoms with Crippen molar-refractivity contribution in [1.82, 2.24) is 9.78 Å². The highest BCUT2D eigenvalue weighted by atomic mass is 16.6. The van der Waals surface area contributed by atoms with Crippen molar-refractivity contribution in [2.75, 3.05) is 18.0 Å². The Bertz CT molecular complexity index is 528. The Hall–Kier alpha value is -1.85. The van der Waals surface area contributed by atoms with Gasteiger partial charge in [-0.2, -0.15) is 5.10 Å². The monoisotopic (exact) mass is 295 g/mol. The summed E-state index contributed by atoms with van der Waals surface area (Å²) < 4.78 is 6.49. The molecule has 0 N–H and O–H groups in total. The average molecular weight is 295 g/mol. The molecule has 6 heteroatoms. The van der Waals surface area contributed by atoms with Crippen LogP contribution in [-0.2, 0) is 16.1 Å². The molecule has 0 radical (unpaired) electrons. The molecule has 1 rings (SSSR count). The number of carbonyl (C=O) groups excluding carboxylic acids is 1. The second kappa shape index (κ2) is 7.24. The maximum Gasteiger partial charge on any atom is 0.308 e. The predicted molar refractivity (Wildman–Crippen MR) is 82.5 cm³/mol. The van der Waals surface area contributed by atoms with Crippen LogP contribution in [0.25, 0.3) is 0 Å². The first-order valence-electron chi connectivity index (χ1n) is 7.30. The third-order valence-electron chi connectivity index (χ3n) is 2.93. The molecule has 0 saturated heterocycles. The highest BCUT2D eigenvalue weighted by molar-refractivity contribution is 5.69. The number of aromatic nitrogens is 2. The van der Waals surface area contributed by atoms with E-state index >= 15 is 0 Å². The van der Waals surface area contributed by atoms with E-state index in [-0.39, 0.29) is 24.5 Å². The van der Waals surface area contributed by atoms with Gasteiger partial charge in [0, 0.05) is 19.2 Å². The van der Waals surface area contributed by atoms with Gasteiger partial charge in [-0.05, 0) is 34.6 Å². The van der Waals surface area contributed by atoms with Gasteiger partial charge >= 0.3 is 5.97 Å². The first-order chi connectivity index (χ1) is 9.76. The average Bonchev–Trinajstić information content (AvgIpc) is 2.37. The molecule has 21 heavy (non-hydrogen) atoms. The molecule has 0 aromatic carbocycles. The van der Waals surface area contributed by atoms with Gasteiger partial charge in [-0.15, -0.1) is 0 Å². The van der Waals surface area contributed by atoms with Gasteiger partial charge in [-0.25, -0.2) is 4.68 Å². The van der Waals surface area contributed by atoms with Crippen molar-refractivity contribution in [3.05, 3.63) is 22.6 Å². The van der Waals surface area contributed by atoms with Crippen LogP contribution in [0.2, 0.25) is 0 Å². The van der Waals surface area contributed by atoms with E-state index < -0.39 is 5.60 Å². The van der Waals surface area contributed by atoms with Crippen LogP contribution in [0.4, 0.5) is 5.69 Å². The molecule has 0 aliphatic heterocycles. The Balaban J connectivity index is 2.69. The molecule has 0 unspecified atom stereocenters. The summed E-state index contributed by atoms with van der Waals surface area (Å²) in [6.45, 7) is 11.4. The molecule has 6 nitrogen and oxygen atoms in total. The van der Waals surface area contributed by atoms with Crippen LogP contribution in [0.15, 0.2) is 17.1 Å².